The highest BCUT2D eigenvalue weighted by Crippen LogP contribution is 2.32. The Morgan fingerprint density at radius 3 is 2.94 bits per heavy atom. The van der Waals surface area contributed by atoms with Crippen molar-refractivity contribution in [3.63, 3.8) is 0 Å². The molecule has 3 nitrogen and oxygen atoms in total. The van der Waals surface area contributed by atoms with E-state index in [1.54, 1.807) is 12.1 Å². The first-order chi connectivity index (χ1) is 8.15. The Morgan fingerprint density at radius 1 is 1.41 bits per heavy atom. The van der Waals surface area contributed by atoms with Gasteiger partial charge < -0.3 is 5.32 Å². The molecule has 1 aliphatic heterocycles. The molecular formula is C13H15NO2S. The summed E-state index contributed by atoms with van der Waals surface area (Å²) in [4.78, 5) is 0.467. The van der Waals surface area contributed by atoms with Crippen LogP contribution in [0.4, 0.5) is 0 Å². The van der Waals surface area contributed by atoms with Crippen molar-refractivity contribution in [2.24, 2.45) is 0 Å². The lowest BCUT2D eigenvalue weighted by molar-refractivity contribution is 0.558. The topological polar surface area (TPSA) is 46.2 Å². The van der Waals surface area contributed by atoms with Crippen molar-refractivity contribution < 1.29 is 8.42 Å². The van der Waals surface area contributed by atoms with Crippen LogP contribution in [0.15, 0.2) is 29.2 Å². The molecule has 1 aromatic carbocycles. The van der Waals surface area contributed by atoms with Gasteiger partial charge in [-0.15, -0.1) is 12.3 Å². The molecule has 0 aromatic heterocycles. The van der Waals surface area contributed by atoms with E-state index in [9.17, 15) is 8.42 Å². The zero-order valence-corrected chi connectivity index (χ0v) is 10.3. The largest absolute Gasteiger partial charge is 0.309 e. The highest BCUT2D eigenvalue weighted by Gasteiger charge is 2.33. The molecule has 4 heteroatoms. The van der Waals surface area contributed by atoms with E-state index < -0.39 is 9.84 Å². The average molecular weight is 249 g/mol. The van der Waals surface area contributed by atoms with Gasteiger partial charge in [-0.1, -0.05) is 18.2 Å². The van der Waals surface area contributed by atoms with Crippen LogP contribution >= 0.6 is 0 Å². The summed E-state index contributed by atoms with van der Waals surface area (Å²) in [6, 6.07) is 7.09. The Morgan fingerprint density at radius 2 is 2.18 bits per heavy atom. The quantitative estimate of drug-likeness (QED) is 0.650. The third-order valence-corrected chi connectivity index (χ3v) is 4.72. The van der Waals surface area contributed by atoms with Gasteiger partial charge in [0.2, 0.25) is 0 Å². The van der Waals surface area contributed by atoms with E-state index in [-0.39, 0.29) is 11.8 Å². The van der Waals surface area contributed by atoms with Gasteiger partial charge in [-0.25, -0.2) is 8.42 Å². The van der Waals surface area contributed by atoms with E-state index in [1.807, 2.05) is 12.1 Å². The van der Waals surface area contributed by atoms with Crippen molar-refractivity contribution in [3.8, 4) is 12.3 Å². The van der Waals surface area contributed by atoms with E-state index in [0.29, 0.717) is 11.3 Å². The van der Waals surface area contributed by atoms with Gasteiger partial charge in [-0.2, -0.15) is 0 Å². The Kier molecular flexibility index (Phi) is 3.51. The third-order valence-electron chi connectivity index (χ3n) is 2.90. The molecule has 1 heterocycles. The number of terminal acetylenes is 1. The lowest BCUT2D eigenvalue weighted by atomic mass is 10.1. The van der Waals surface area contributed by atoms with Gasteiger partial charge in [-0.3, -0.25) is 0 Å². The van der Waals surface area contributed by atoms with Gasteiger partial charge >= 0.3 is 0 Å². The second-order valence-corrected chi connectivity index (χ2v) is 6.14. The predicted molar refractivity (Wildman–Crippen MR) is 67.3 cm³/mol. The molecule has 1 unspecified atom stereocenters. The molecule has 0 aliphatic carbocycles. The minimum absolute atomic E-state index is 0.0889. The SMILES string of the molecule is C#CCCCNC1CS(=O)(=O)c2ccccc21. The second-order valence-electron chi connectivity index (χ2n) is 4.13. The maximum Gasteiger partial charge on any atom is 0.180 e. The van der Waals surface area contributed by atoms with Crippen LogP contribution in [0.5, 0.6) is 0 Å². The number of hydrogen-bond acceptors (Lipinski definition) is 3. The number of nitrogens with one attached hydrogen (secondary N) is 1. The van der Waals surface area contributed by atoms with Crippen molar-refractivity contribution in [1.29, 1.82) is 0 Å². The van der Waals surface area contributed by atoms with Crippen LogP contribution in [0.25, 0.3) is 0 Å². The Labute approximate surface area is 102 Å². The van der Waals surface area contributed by atoms with Gasteiger partial charge in [0.25, 0.3) is 0 Å². The standard InChI is InChI=1S/C13H15NO2S/c1-2-3-6-9-14-12-10-17(15,16)13-8-5-4-7-11(12)13/h1,4-5,7-8,12,14H,3,6,9-10H2. The first-order valence-electron chi connectivity index (χ1n) is 5.63. The maximum absolute atomic E-state index is 11.9. The van der Waals surface area contributed by atoms with Crippen molar-refractivity contribution in [1.82, 2.24) is 5.32 Å². The number of fused-ring (bicyclic) bond motifs is 1. The first-order valence-corrected chi connectivity index (χ1v) is 7.29. The van der Waals surface area contributed by atoms with Crippen LogP contribution in [0.3, 0.4) is 0 Å². The number of sulfone groups is 1. The molecule has 1 aliphatic rings. The number of benzene rings is 1. The minimum Gasteiger partial charge on any atom is -0.309 e. The molecular weight excluding hydrogens is 234 g/mol. The van der Waals surface area contributed by atoms with Crippen LogP contribution < -0.4 is 5.32 Å². The monoisotopic (exact) mass is 249 g/mol. The highest BCUT2D eigenvalue weighted by molar-refractivity contribution is 7.91. The molecule has 0 bridgehead atoms. The van der Waals surface area contributed by atoms with Gasteiger partial charge in [0, 0.05) is 12.5 Å². The van der Waals surface area contributed by atoms with E-state index in [0.717, 1.165) is 18.5 Å². The maximum atomic E-state index is 11.9. The molecule has 17 heavy (non-hydrogen) atoms. The minimum atomic E-state index is -3.10. The summed E-state index contributed by atoms with van der Waals surface area (Å²) in [5.41, 5.74) is 0.883. The fourth-order valence-corrected chi connectivity index (χ4v) is 3.86. The lowest BCUT2D eigenvalue weighted by Gasteiger charge is -2.11. The number of hydrogen-bond donors (Lipinski definition) is 1. The summed E-state index contributed by atoms with van der Waals surface area (Å²) < 4.78 is 23.8. The molecule has 90 valence electrons. The zero-order chi connectivity index (χ0) is 12.3. The molecule has 0 fully saturated rings. The summed E-state index contributed by atoms with van der Waals surface area (Å²) in [6.45, 7) is 0.749. The smallest absolute Gasteiger partial charge is 0.180 e. The van der Waals surface area contributed by atoms with Crippen molar-refractivity contribution >= 4 is 9.84 Å². The van der Waals surface area contributed by atoms with E-state index in [4.69, 9.17) is 6.42 Å². The lowest BCUT2D eigenvalue weighted by Crippen LogP contribution is -2.23. The first kappa shape index (κ1) is 12.2. The molecule has 1 N–H and O–H groups in total. The summed E-state index contributed by atoms with van der Waals surface area (Å²) in [5, 5.41) is 3.25. The second kappa shape index (κ2) is 4.91. The fourth-order valence-electron chi connectivity index (χ4n) is 2.09. The zero-order valence-electron chi connectivity index (χ0n) is 9.52. The average Bonchev–Trinajstić information content (AvgIpc) is 2.58. The molecule has 0 radical (unpaired) electrons. The van der Waals surface area contributed by atoms with Crippen molar-refractivity contribution in [2.45, 2.75) is 23.8 Å². The third kappa shape index (κ3) is 2.51. The molecule has 0 saturated carbocycles. The van der Waals surface area contributed by atoms with E-state index in [1.165, 1.54) is 0 Å². The normalized spacial score (nSPS) is 20.8. The van der Waals surface area contributed by atoms with Gasteiger partial charge in [0.15, 0.2) is 9.84 Å². The van der Waals surface area contributed by atoms with E-state index >= 15 is 0 Å². The molecule has 0 spiro atoms. The molecule has 0 saturated heterocycles. The van der Waals surface area contributed by atoms with Gasteiger partial charge in [-0.05, 0) is 24.6 Å². The number of rotatable bonds is 4. The summed E-state index contributed by atoms with van der Waals surface area (Å²) >= 11 is 0. The van der Waals surface area contributed by atoms with Crippen molar-refractivity contribution in [2.75, 3.05) is 12.3 Å². The van der Waals surface area contributed by atoms with Gasteiger partial charge in [0.05, 0.1) is 10.6 Å². The van der Waals surface area contributed by atoms with Crippen LogP contribution in [-0.4, -0.2) is 20.7 Å². The Hall–Kier alpha value is -1.31. The summed E-state index contributed by atoms with van der Waals surface area (Å²) in [6.07, 6.45) is 6.76. The predicted octanol–water partition coefficient (Wildman–Crippen LogP) is 1.52. The van der Waals surface area contributed by atoms with E-state index in [2.05, 4.69) is 11.2 Å². The summed E-state index contributed by atoms with van der Waals surface area (Å²) in [7, 11) is -3.10. The molecule has 1 atom stereocenters. The Balaban J connectivity index is 2.10. The molecule has 1 aromatic rings. The van der Waals surface area contributed by atoms with Gasteiger partial charge in [0.1, 0.15) is 0 Å². The van der Waals surface area contributed by atoms with Crippen molar-refractivity contribution in [3.05, 3.63) is 29.8 Å². The fraction of sp³-hybridized carbons (Fsp3) is 0.385. The Bertz CT molecular complexity index is 543. The van der Waals surface area contributed by atoms with Crippen LogP contribution in [-0.2, 0) is 9.84 Å². The number of unbranched alkanes of at least 4 members (excludes halogenated alkanes) is 1. The molecule has 0 amide bonds. The van der Waals surface area contributed by atoms with Crippen LogP contribution in [0.2, 0.25) is 0 Å². The summed E-state index contributed by atoms with van der Waals surface area (Å²) in [5.74, 6) is 2.73. The highest BCUT2D eigenvalue weighted by atomic mass is 32.2. The van der Waals surface area contributed by atoms with Crippen LogP contribution in [0, 0.1) is 12.3 Å². The van der Waals surface area contributed by atoms with Crippen LogP contribution in [0.1, 0.15) is 24.4 Å². The molecule has 2 rings (SSSR count).